The molecule has 1 aromatic heterocycles. The summed E-state index contributed by atoms with van der Waals surface area (Å²) in [5.74, 6) is 2.98. The van der Waals surface area contributed by atoms with Crippen molar-refractivity contribution in [3.05, 3.63) is 47.0 Å². The molecule has 2 aromatic rings. The minimum Gasteiger partial charge on any atom is -0.370 e. The van der Waals surface area contributed by atoms with Gasteiger partial charge in [0.15, 0.2) is 11.8 Å². The molecule has 2 aliphatic heterocycles. The summed E-state index contributed by atoms with van der Waals surface area (Å²) in [4.78, 5) is 7.16. The molecule has 1 aromatic carbocycles. The average Bonchev–Trinajstić information content (AvgIpc) is 3.30. The number of nitrogens with one attached hydrogen (secondary N) is 1. The van der Waals surface area contributed by atoms with Crippen molar-refractivity contribution in [2.75, 3.05) is 26.2 Å². The largest absolute Gasteiger partial charge is 0.370 e. The van der Waals surface area contributed by atoms with Crippen LogP contribution in [0.4, 0.5) is 0 Å². The summed E-state index contributed by atoms with van der Waals surface area (Å²) in [6, 6.07) is 8.45. The molecule has 144 valence electrons. The highest BCUT2D eigenvalue weighted by Gasteiger charge is 2.25. The summed E-state index contributed by atoms with van der Waals surface area (Å²) in [6.07, 6.45) is 2.25. The summed E-state index contributed by atoms with van der Waals surface area (Å²) in [5.41, 5.74) is 2.53. The molecule has 4 rings (SSSR count). The maximum Gasteiger partial charge on any atom is 0.194 e. The van der Waals surface area contributed by atoms with Crippen LogP contribution < -0.4 is 5.32 Å². The van der Waals surface area contributed by atoms with Crippen LogP contribution in [0.2, 0.25) is 0 Å². The Labute approximate surface area is 160 Å². The molecule has 0 bridgehead atoms. The lowest BCUT2D eigenvalue weighted by Gasteiger charge is -2.35. The number of ether oxygens (including phenoxy) is 1. The molecule has 2 aliphatic rings. The fourth-order valence-corrected chi connectivity index (χ4v) is 3.88. The minimum atomic E-state index is 0.0705. The van der Waals surface area contributed by atoms with Crippen molar-refractivity contribution in [3.63, 3.8) is 0 Å². The van der Waals surface area contributed by atoms with Gasteiger partial charge in [-0.25, -0.2) is 4.99 Å². The molecule has 0 spiro atoms. The third kappa shape index (κ3) is 3.83. The number of morpholine rings is 1. The van der Waals surface area contributed by atoms with E-state index >= 15 is 0 Å². The van der Waals surface area contributed by atoms with Crippen LogP contribution in [0.3, 0.4) is 0 Å². The van der Waals surface area contributed by atoms with Gasteiger partial charge in [0, 0.05) is 26.1 Å². The topological polar surface area (TPSA) is 67.6 Å². The van der Waals surface area contributed by atoms with E-state index in [2.05, 4.69) is 63.1 Å². The van der Waals surface area contributed by atoms with Crippen LogP contribution in [0.5, 0.6) is 0 Å². The van der Waals surface area contributed by atoms with Crippen LogP contribution >= 0.6 is 0 Å². The second kappa shape index (κ2) is 8.08. The van der Waals surface area contributed by atoms with Gasteiger partial charge in [0.2, 0.25) is 0 Å². The number of fused-ring (bicyclic) bond motifs is 1. The molecule has 0 aliphatic carbocycles. The number of hydrogen-bond donors (Lipinski definition) is 1. The smallest absolute Gasteiger partial charge is 0.194 e. The van der Waals surface area contributed by atoms with Crippen molar-refractivity contribution in [2.24, 2.45) is 4.99 Å². The fourth-order valence-electron chi connectivity index (χ4n) is 3.88. The lowest BCUT2D eigenvalue weighted by molar-refractivity contribution is -0.00834. The minimum absolute atomic E-state index is 0.0705. The highest BCUT2D eigenvalue weighted by Crippen LogP contribution is 2.25. The molecule has 7 heteroatoms. The predicted octanol–water partition coefficient (Wildman–Crippen LogP) is 2.07. The maximum absolute atomic E-state index is 6.06. The Balaban J connectivity index is 1.50. The maximum atomic E-state index is 6.06. The van der Waals surface area contributed by atoms with Crippen molar-refractivity contribution in [1.82, 2.24) is 25.0 Å². The van der Waals surface area contributed by atoms with E-state index in [4.69, 9.17) is 9.73 Å². The van der Waals surface area contributed by atoms with E-state index in [-0.39, 0.29) is 6.10 Å². The monoisotopic (exact) mass is 368 g/mol. The van der Waals surface area contributed by atoms with E-state index in [1.165, 1.54) is 11.1 Å². The highest BCUT2D eigenvalue weighted by atomic mass is 16.5. The van der Waals surface area contributed by atoms with Crippen molar-refractivity contribution >= 4 is 5.96 Å². The van der Waals surface area contributed by atoms with Gasteiger partial charge in [0.05, 0.1) is 13.2 Å². The number of nitrogens with zero attached hydrogens (tertiary/aromatic N) is 5. The van der Waals surface area contributed by atoms with Gasteiger partial charge in [0.25, 0.3) is 0 Å². The standard InChI is InChI=1S/C20H28N6O/c1-3-21-20(22-13-19-24-23-18-9-6-10-26(18)19)25-11-12-27-17(14-25)16-8-5-4-7-15(16)2/h4-5,7-8,17H,3,6,9-14H2,1-2H3,(H,21,22). The Morgan fingerprint density at radius 3 is 3.04 bits per heavy atom. The zero-order valence-corrected chi connectivity index (χ0v) is 16.2. The number of hydrogen-bond acceptors (Lipinski definition) is 4. The van der Waals surface area contributed by atoms with Gasteiger partial charge in [0.1, 0.15) is 18.5 Å². The summed E-state index contributed by atoms with van der Waals surface area (Å²) < 4.78 is 8.27. The zero-order valence-electron chi connectivity index (χ0n) is 16.2. The van der Waals surface area contributed by atoms with Crippen LogP contribution in [-0.4, -0.2) is 51.9 Å². The van der Waals surface area contributed by atoms with Gasteiger partial charge in [-0.15, -0.1) is 10.2 Å². The Morgan fingerprint density at radius 2 is 2.19 bits per heavy atom. The Bertz CT molecular complexity index is 815. The molecular formula is C20H28N6O. The first-order valence-corrected chi connectivity index (χ1v) is 9.87. The first kappa shape index (κ1) is 18.0. The molecule has 0 radical (unpaired) electrons. The molecule has 0 amide bonds. The van der Waals surface area contributed by atoms with Gasteiger partial charge in [-0.2, -0.15) is 0 Å². The number of aromatic nitrogens is 3. The third-order valence-corrected chi connectivity index (χ3v) is 5.29. The van der Waals surface area contributed by atoms with Crippen LogP contribution in [0.15, 0.2) is 29.3 Å². The summed E-state index contributed by atoms with van der Waals surface area (Å²) in [7, 11) is 0. The lowest BCUT2D eigenvalue weighted by atomic mass is 10.0. The van der Waals surface area contributed by atoms with Gasteiger partial charge in [-0.3, -0.25) is 0 Å². The molecule has 0 saturated carbocycles. The molecule has 27 heavy (non-hydrogen) atoms. The quantitative estimate of drug-likeness (QED) is 0.661. The van der Waals surface area contributed by atoms with Crippen LogP contribution in [-0.2, 0) is 24.2 Å². The Kier molecular flexibility index (Phi) is 5.38. The number of guanidine groups is 1. The number of aryl methyl sites for hydroxylation is 2. The van der Waals surface area contributed by atoms with Gasteiger partial charge >= 0.3 is 0 Å². The van der Waals surface area contributed by atoms with E-state index in [1.54, 1.807) is 0 Å². The molecule has 3 heterocycles. The zero-order chi connectivity index (χ0) is 18.6. The summed E-state index contributed by atoms with van der Waals surface area (Å²) >= 11 is 0. The van der Waals surface area contributed by atoms with Gasteiger partial charge in [-0.05, 0) is 31.4 Å². The molecule has 1 N–H and O–H groups in total. The van der Waals surface area contributed by atoms with Gasteiger partial charge < -0.3 is 19.5 Å². The first-order chi connectivity index (χ1) is 13.3. The van der Waals surface area contributed by atoms with E-state index < -0.39 is 0 Å². The van der Waals surface area contributed by atoms with Crippen molar-refractivity contribution < 1.29 is 4.74 Å². The predicted molar refractivity (Wildman–Crippen MR) is 105 cm³/mol. The summed E-state index contributed by atoms with van der Waals surface area (Å²) in [5, 5.41) is 12.0. The number of rotatable bonds is 4. The first-order valence-electron chi connectivity index (χ1n) is 9.87. The SMILES string of the molecule is CCNC(=NCc1nnc2n1CCC2)N1CCOC(c2ccccc2C)C1. The number of benzene rings is 1. The molecule has 1 saturated heterocycles. The number of aliphatic imine (C=N–C) groups is 1. The average molecular weight is 368 g/mol. The summed E-state index contributed by atoms with van der Waals surface area (Å²) in [6.45, 7) is 8.98. The molecule has 1 unspecified atom stereocenters. The second-order valence-corrected chi connectivity index (χ2v) is 7.12. The van der Waals surface area contributed by atoms with Crippen LogP contribution in [0.25, 0.3) is 0 Å². The Hall–Kier alpha value is -2.41. The van der Waals surface area contributed by atoms with E-state index in [0.29, 0.717) is 13.2 Å². The lowest BCUT2D eigenvalue weighted by Crippen LogP contribution is -2.48. The van der Waals surface area contributed by atoms with E-state index in [1.807, 2.05) is 0 Å². The second-order valence-electron chi connectivity index (χ2n) is 7.12. The molecule has 7 nitrogen and oxygen atoms in total. The fraction of sp³-hybridized carbons (Fsp3) is 0.550. The van der Waals surface area contributed by atoms with E-state index in [0.717, 1.165) is 56.6 Å². The van der Waals surface area contributed by atoms with Crippen molar-refractivity contribution in [2.45, 2.75) is 45.9 Å². The third-order valence-electron chi connectivity index (χ3n) is 5.29. The molecule has 1 fully saturated rings. The van der Waals surface area contributed by atoms with Crippen molar-refractivity contribution in [1.29, 1.82) is 0 Å². The van der Waals surface area contributed by atoms with Gasteiger partial charge in [-0.1, -0.05) is 24.3 Å². The van der Waals surface area contributed by atoms with Crippen LogP contribution in [0, 0.1) is 6.92 Å². The normalized spacial score (nSPS) is 20.0. The van der Waals surface area contributed by atoms with Crippen LogP contribution in [0.1, 0.15) is 42.2 Å². The molecule has 1 atom stereocenters. The van der Waals surface area contributed by atoms with E-state index in [9.17, 15) is 0 Å². The van der Waals surface area contributed by atoms with Crippen molar-refractivity contribution in [3.8, 4) is 0 Å². The highest BCUT2D eigenvalue weighted by molar-refractivity contribution is 5.80. The molecular weight excluding hydrogens is 340 g/mol. The Morgan fingerprint density at radius 1 is 1.30 bits per heavy atom.